The third-order valence-corrected chi connectivity index (χ3v) is 8.06. The molecule has 0 spiro atoms. The van der Waals surface area contributed by atoms with Crippen molar-refractivity contribution in [2.75, 3.05) is 49.5 Å². The zero-order valence-corrected chi connectivity index (χ0v) is 19.5. The zero-order chi connectivity index (χ0) is 22.7. The number of aromatic nitrogens is 1. The Labute approximate surface area is 191 Å². The smallest absolute Gasteiger partial charge is 0.264 e. The Morgan fingerprint density at radius 3 is 2.38 bits per heavy atom. The topological polar surface area (TPSA) is 83.0 Å². The standard InChI is InChI=1S/C22H24N4O4S2/c1-24(19-5-3-4-6-20(19)30-2)32(28,29)18-9-7-17(8-10-18)21(27)25-12-14-26(15-13-25)22-23-11-16-31-22/h3-11,16H,12-15H2,1-2H3. The minimum absolute atomic E-state index is 0.106. The van der Waals surface area contributed by atoms with Gasteiger partial charge in [-0.2, -0.15) is 0 Å². The molecule has 4 rings (SSSR count). The van der Waals surface area contributed by atoms with Crippen LogP contribution in [0.4, 0.5) is 10.8 Å². The number of sulfonamides is 1. The lowest BCUT2D eigenvalue weighted by Gasteiger charge is -2.34. The fourth-order valence-electron chi connectivity index (χ4n) is 3.60. The molecular formula is C22H24N4O4S2. The second kappa shape index (κ2) is 9.17. The van der Waals surface area contributed by atoms with E-state index in [1.807, 2.05) is 5.38 Å². The Bertz CT molecular complexity index is 1170. The Hall–Kier alpha value is -3.11. The maximum atomic E-state index is 13.1. The van der Waals surface area contributed by atoms with Gasteiger partial charge in [0.15, 0.2) is 5.13 Å². The third-order valence-electron chi connectivity index (χ3n) is 5.44. The molecule has 1 aliphatic rings. The minimum Gasteiger partial charge on any atom is -0.495 e. The Balaban J connectivity index is 1.46. The first-order valence-corrected chi connectivity index (χ1v) is 12.4. The summed E-state index contributed by atoms with van der Waals surface area (Å²) in [6.45, 7) is 2.62. The van der Waals surface area contributed by atoms with Crippen molar-refractivity contribution in [3.05, 3.63) is 65.7 Å². The summed E-state index contributed by atoms with van der Waals surface area (Å²) in [5.74, 6) is 0.355. The van der Waals surface area contributed by atoms with Gasteiger partial charge < -0.3 is 14.5 Å². The van der Waals surface area contributed by atoms with Crippen molar-refractivity contribution in [3.63, 3.8) is 0 Å². The van der Waals surface area contributed by atoms with Gasteiger partial charge in [0.2, 0.25) is 0 Å². The van der Waals surface area contributed by atoms with Gasteiger partial charge in [-0.1, -0.05) is 12.1 Å². The fraction of sp³-hybridized carbons (Fsp3) is 0.273. The average molecular weight is 473 g/mol. The summed E-state index contributed by atoms with van der Waals surface area (Å²) >= 11 is 1.58. The average Bonchev–Trinajstić information content (AvgIpc) is 3.38. The van der Waals surface area contributed by atoms with Crippen molar-refractivity contribution >= 4 is 38.1 Å². The summed E-state index contributed by atoms with van der Waals surface area (Å²) in [6, 6.07) is 13.0. The molecule has 8 nitrogen and oxygen atoms in total. The first kappa shape index (κ1) is 22.1. The predicted octanol–water partition coefficient (Wildman–Crippen LogP) is 2.94. The predicted molar refractivity (Wildman–Crippen MR) is 125 cm³/mol. The summed E-state index contributed by atoms with van der Waals surface area (Å²) in [6.07, 6.45) is 1.78. The van der Waals surface area contributed by atoms with Crippen LogP contribution in [0.2, 0.25) is 0 Å². The molecule has 32 heavy (non-hydrogen) atoms. The van der Waals surface area contributed by atoms with E-state index in [9.17, 15) is 13.2 Å². The monoisotopic (exact) mass is 472 g/mol. The van der Waals surface area contributed by atoms with Crippen molar-refractivity contribution in [1.82, 2.24) is 9.88 Å². The lowest BCUT2D eigenvalue weighted by Crippen LogP contribution is -2.48. The number of rotatable bonds is 6. The number of carbonyl (C=O) groups is 1. The maximum absolute atomic E-state index is 13.1. The van der Waals surface area contributed by atoms with Crippen LogP contribution in [-0.2, 0) is 10.0 Å². The summed E-state index contributed by atoms with van der Waals surface area (Å²) in [4.78, 5) is 21.3. The normalized spacial score (nSPS) is 14.3. The second-order valence-corrected chi connectivity index (χ2v) is 10.1. The zero-order valence-electron chi connectivity index (χ0n) is 17.8. The quantitative estimate of drug-likeness (QED) is 0.549. The van der Waals surface area contributed by atoms with Gasteiger partial charge in [-0.3, -0.25) is 9.10 Å². The van der Waals surface area contributed by atoms with Gasteiger partial charge in [0.25, 0.3) is 15.9 Å². The van der Waals surface area contributed by atoms with Crippen LogP contribution in [0.1, 0.15) is 10.4 Å². The van der Waals surface area contributed by atoms with E-state index in [0.717, 1.165) is 18.2 Å². The molecule has 1 amide bonds. The molecule has 0 bridgehead atoms. The molecule has 1 aliphatic heterocycles. The summed E-state index contributed by atoms with van der Waals surface area (Å²) in [5, 5.41) is 2.90. The minimum atomic E-state index is -3.81. The van der Waals surface area contributed by atoms with Crippen molar-refractivity contribution in [2.24, 2.45) is 0 Å². The highest BCUT2D eigenvalue weighted by Gasteiger charge is 2.26. The third kappa shape index (κ3) is 4.28. The van der Waals surface area contributed by atoms with Gasteiger partial charge in [-0.15, -0.1) is 11.3 Å². The number of para-hydroxylation sites is 2. The molecular weight excluding hydrogens is 448 g/mol. The number of hydrogen-bond donors (Lipinski definition) is 0. The van der Waals surface area contributed by atoms with E-state index in [2.05, 4.69) is 9.88 Å². The van der Waals surface area contributed by atoms with Gasteiger partial charge in [-0.05, 0) is 36.4 Å². The first-order chi connectivity index (χ1) is 15.4. The lowest BCUT2D eigenvalue weighted by atomic mass is 10.2. The molecule has 0 saturated carbocycles. The molecule has 1 aromatic heterocycles. The summed E-state index contributed by atoms with van der Waals surface area (Å²) in [7, 11) is -0.832. The van der Waals surface area contributed by atoms with Gasteiger partial charge in [-0.25, -0.2) is 13.4 Å². The van der Waals surface area contributed by atoms with Crippen LogP contribution in [0.5, 0.6) is 5.75 Å². The molecule has 1 fully saturated rings. The number of piperazine rings is 1. The number of anilines is 2. The van der Waals surface area contributed by atoms with E-state index >= 15 is 0 Å². The number of benzene rings is 2. The van der Waals surface area contributed by atoms with E-state index in [-0.39, 0.29) is 10.8 Å². The van der Waals surface area contributed by atoms with Gasteiger partial charge in [0.1, 0.15) is 5.75 Å². The number of ether oxygens (including phenoxy) is 1. The van der Waals surface area contributed by atoms with E-state index in [0.29, 0.717) is 30.1 Å². The number of amides is 1. The van der Waals surface area contributed by atoms with Gasteiger partial charge >= 0.3 is 0 Å². The molecule has 10 heteroatoms. The van der Waals surface area contributed by atoms with E-state index in [4.69, 9.17) is 4.74 Å². The van der Waals surface area contributed by atoms with Crippen LogP contribution in [0, 0.1) is 0 Å². The van der Waals surface area contributed by atoms with Crippen molar-refractivity contribution in [2.45, 2.75) is 4.90 Å². The van der Waals surface area contributed by atoms with Crippen molar-refractivity contribution < 1.29 is 17.9 Å². The first-order valence-electron chi connectivity index (χ1n) is 10.1. The van der Waals surface area contributed by atoms with E-state index < -0.39 is 10.0 Å². The Kier molecular flexibility index (Phi) is 6.33. The molecule has 0 unspecified atom stereocenters. The second-order valence-electron chi connectivity index (χ2n) is 7.26. The molecule has 0 radical (unpaired) electrons. The number of hydrogen-bond acceptors (Lipinski definition) is 7. The molecule has 2 heterocycles. The van der Waals surface area contributed by atoms with Gasteiger partial charge in [0.05, 0.1) is 17.7 Å². The molecule has 0 aliphatic carbocycles. The van der Waals surface area contributed by atoms with Crippen molar-refractivity contribution in [1.29, 1.82) is 0 Å². The molecule has 2 aromatic carbocycles. The summed E-state index contributed by atoms with van der Waals surface area (Å²) in [5.41, 5.74) is 0.903. The highest BCUT2D eigenvalue weighted by molar-refractivity contribution is 7.92. The van der Waals surface area contributed by atoms with Crippen LogP contribution < -0.4 is 13.9 Å². The molecule has 0 atom stereocenters. The Morgan fingerprint density at radius 1 is 1.06 bits per heavy atom. The lowest BCUT2D eigenvalue weighted by molar-refractivity contribution is 0.0746. The van der Waals surface area contributed by atoms with Crippen molar-refractivity contribution in [3.8, 4) is 5.75 Å². The maximum Gasteiger partial charge on any atom is 0.264 e. The number of carbonyl (C=O) groups excluding carboxylic acids is 1. The molecule has 3 aromatic rings. The van der Waals surface area contributed by atoms with E-state index in [1.165, 1.54) is 30.6 Å². The van der Waals surface area contributed by atoms with Gasteiger partial charge in [0, 0.05) is 50.4 Å². The molecule has 1 saturated heterocycles. The number of thiazole rings is 1. The highest BCUT2D eigenvalue weighted by Crippen LogP contribution is 2.31. The van der Waals surface area contributed by atoms with Crippen LogP contribution in [0.25, 0.3) is 0 Å². The molecule has 0 N–H and O–H groups in total. The van der Waals surface area contributed by atoms with Crippen LogP contribution in [-0.4, -0.2) is 64.5 Å². The molecule has 168 valence electrons. The highest BCUT2D eigenvalue weighted by atomic mass is 32.2. The van der Waals surface area contributed by atoms with Crippen LogP contribution in [0.3, 0.4) is 0 Å². The van der Waals surface area contributed by atoms with Crippen LogP contribution in [0.15, 0.2) is 65.0 Å². The van der Waals surface area contributed by atoms with E-state index in [1.54, 1.807) is 58.8 Å². The Morgan fingerprint density at radius 2 is 1.75 bits per heavy atom. The number of nitrogens with zero attached hydrogens (tertiary/aromatic N) is 4. The largest absolute Gasteiger partial charge is 0.495 e. The fourth-order valence-corrected chi connectivity index (χ4v) is 5.51. The SMILES string of the molecule is COc1ccccc1N(C)S(=O)(=O)c1ccc(C(=O)N2CCN(c3nccs3)CC2)cc1. The number of methoxy groups -OCH3 is 1. The van der Waals surface area contributed by atoms with Crippen LogP contribution >= 0.6 is 11.3 Å². The summed E-state index contributed by atoms with van der Waals surface area (Å²) < 4.78 is 32.7.